The van der Waals surface area contributed by atoms with Crippen molar-refractivity contribution < 1.29 is 17.9 Å². The van der Waals surface area contributed by atoms with E-state index in [1.54, 1.807) is 6.07 Å². The molecular weight excluding hydrogens is 257 g/mol. The lowest BCUT2D eigenvalue weighted by atomic mass is 10.0. The summed E-state index contributed by atoms with van der Waals surface area (Å²) in [5.41, 5.74) is 5.41. The number of anilines is 1. The Morgan fingerprint density at radius 3 is 2.74 bits per heavy atom. The van der Waals surface area contributed by atoms with Crippen LogP contribution >= 0.6 is 0 Å². The summed E-state index contributed by atoms with van der Waals surface area (Å²) >= 11 is 0. The molecule has 1 aromatic carbocycles. The van der Waals surface area contributed by atoms with Crippen molar-refractivity contribution in [1.29, 1.82) is 0 Å². The number of benzene rings is 1. The Balaban J connectivity index is 2.37. The number of alkyl halides is 3. The molecule has 1 aliphatic heterocycles. The molecule has 1 saturated heterocycles. The lowest BCUT2D eigenvalue weighted by Crippen LogP contribution is -2.43. The first-order valence-electron chi connectivity index (χ1n) is 6.18. The van der Waals surface area contributed by atoms with Gasteiger partial charge in [-0.15, -0.1) is 0 Å². The maximum Gasteiger partial charge on any atom is 0.416 e. The molecule has 1 fully saturated rings. The van der Waals surface area contributed by atoms with E-state index in [1.165, 1.54) is 12.1 Å². The molecule has 0 bridgehead atoms. The molecule has 6 heteroatoms. The molecule has 19 heavy (non-hydrogen) atoms. The molecule has 0 amide bonds. The van der Waals surface area contributed by atoms with Crippen molar-refractivity contribution >= 4 is 5.69 Å². The molecule has 0 spiro atoms. The molecule has 1 atom stereocenters. The van der Waals surface area contributed by atoms with Gasteiger partial charge in [-0.1, -0.05) is 6.07 Å². The van der Waals surface area contributed by atoms with Gasteiger partial charge in [-0.2, -0.15) is 13.2 Å². The summed E-state index contributed by atoms with van der Waals surface area (Å²) in [6, 6.07) is 4.41. The van der Waals surface area contributed by atoms with E-state index >= 15 is 0 Å². The molecule has 106 valence electrons. The molecule has 0 radical (unpaired) electrons. The largest absolute Gasteiger partial charge is 0.416 e. The maximum atomic E-state index is 13.0. The van der Waals surface area contributed by atoms with Crippen LogP contribution in [0.4, 0.5) is 18.9 Å². The van der Waals surface area contributed by atoms with Crippen molar-refractivity contribution in [3.63, 3.8) is 0 Å². The first kappa shape index (κ1) is 14.1. The van der Waals surface area contributed by atoms with Gasteiger partial charge >= 0.3 is 6.18 Å². The summed E-state index contributed by atoms with van der Waals surface area (Å²) in [5.74, 6) is 0. The molecule has 1 heterocycles. The van der Waals surface area contributed by atoms with Crippen molar-refractivity contribution in [2.75, 3.05) is 24.7 Å². The summed E-state index contributed by atoms with van der Waals surface area (Å²) in [7, 11) is 0. The molecule has 0 aromatic heterocycles. The predicted molar refractivity (Wildman–Crippen MR) is 67.0 cm³/mol. The third kappa shape index (κ3) is 3.01. The van der Waals surface area contributed by atoms with Crippen LogP contribution in [0.5, 0.6) is 0 Å². The van der Waals surface area contributed by atoms with E-state index in [0.29, 0.717) is 25.4 Å². The first-order chi connectivity index (χ1) is 8.93. The Kier molecular flexibility index (Phi) is 4.01. The van der Waals surface area contributed by atoms with Crippen LogP contribution in [0.1, 0.15) is 18.1 Å². The number of nitrogens with zero attached hydrogens (tertiary/aromatic N) is 1. The van der Waals surface area contributed by atoms with Crippen LogP contribution in [-0.4, -0.2) is 25.8 Å². The number of hydrogen-bond acceptors (Lipinski definition) is 3. The minimum atomic E-state index is -4.37. The van der Waals surface area contributed by atoms with Crippen LogP contribution in [0.3, 0.4) is 0 Å². The fraction of sp³-hybridized carbons (Fsp3) is 0.538. The highest BCUT2D eigenvalue weighted by Gasteiger charge is 2.34. The van der Waals surface area contributed by atoms with Gasteiger partial charge < -0.3 is 15.4 Å². The SMILES string of the molecule is CC1COCCN1c1ccc(CN)c(C(F)(F)F)c1. The Morgan fingerprint density at radius 1 is 1.42 bits per heavy atom. The molecular formula is C13H17F3N2O. The molecule has 2 N–H and O–H groups in total. The van der Waals surface area contributed by atoms with Gasteiger partial charge in [0.25, 0.3) is 0 Å². The Bertz CT molecular complexity index is 448. The molecule has 0 saturated carbocycles. The van der Waals surface area contributed by atoms with Gasteiger partial charge in [0.2, 0.25) is 0 Å². The second kappa shape index (κ2) is 5.38. The highest BCUT2D eigenvalue weighted by molar-refractivity contribution is 5.53. The first-order valence-corrected chi connectivity index (χ1v) is 6.18. The number of hydrogen-bond donors (Lipinski definition) is 1. The van der Waals surface area contributed by atoms with Crippen LogP contribution in [0, 0.1) is 0 Å². The standard InChI is InChI=1S/C13H17F3N2O/c1-9-8-19-5-4-18(9)11-3-2-10(7-17)12(6-11)13(14,15)16/h2-3,6,9H,4-5,7-8,17H2,1H3. The lowest BCUT2D eigenvalue weighted by molar-refractivity contribution is -0.138. The Hall–Kier alpha value is -1.27. The predicted octanol–water partition coefficient (Wildman–Crippen LogP) is 2.39. The minimum Gasteiger partial charge on any atom is -0.377 e. The second-order valence-corrected chi connectivity index (χ2v) is 4.66. The van der Waals surface area contributed by atoms with Gasteiger partial charge in [0.05, 0.1) is 18.8 Å². The van der Waals surface area contributed by atoms with Gasteiger partial charge in [0.15, 0.2) is 0 Å². The van der Waals surface area contributed by atoms with Crippen LogP contribution in [0.2, 0.25) is 0 Å². The summed E-state index contributed by atoms with van der Waals surface area (Å²) in [6.45, 7) is 3.47. The smallest absolute Gasteiger partial charge is 0.377 e. The Morgan fingerprint density at radius 2 is 2.16 bits per heavy atom. The number of ether oxygens (including phenoxy) is 1. The topological polar surface area (TPSA) is 38.5 Å². The fourth-order valence-electron chi connectivity index (χ4n) is 2.30. The Labute approximate surface area is 110 Å². The summed E-state index contributed by atoms with van der Waals surface area (Å²) in [6.07, 6.45) is -4.37. The molecule has 1 aromatic rings. The van der Waals surface area contributed by atoms with Crippen molar-refractivity contribution in [3.8, 4) is 0 Å². The van der Waals surface area contributed by atoms with Crippen molar-refractivity contribution in [2.45, 2.75) is 25.7 Å². The number of morpholine rings is 1. The third-order valence-corrected chi connectivity index (χ3v) is 3.32. The van der Waals surface area contributed by atoms with Crippen LogP contribution < -0.4 is 10.6 Å². The van der Waals surface area contributed by atoms with Gasteiger partial charge in [-0.05, 0) is 24.6 Å². The van der Waals surface area contributed by atoms with E-state index in [0.717, 1.165) is 0 Å². The van der Waals surface area contributed by atoms with E-state index in [4.69, 9.17) is 10.5 Å². The van der Waals surface area contributed by atoms with E-state index in [-0.39, 0.29) is 18.2 Å². The number of rotatable bonds is 2. The van der Waals surface area contributed by atoms with Crippen molar-refractivity contribution in [1.82, 2.24) is 0 Å². The molecule has 2 rings (SSSR count). The fourth-order valence-corrected chi connectivity index (χ4v) is 2.30. The summed E-state index contributed by atoms with van der Waals surface area (Å²) in [5, 5.41) is 0. The van der Waals surface area contributed by atoms with E-state index in [9.17, 15) is 13.2 Å². The molecule has 3 nitrogen and oxygen atoms in total. The monoisotopic (exact) mass is 274 g/mol. The molecule has 0 aliphatic carbocycles. The summed E-state index contributed by atoms with van der Waals surface area (Å²) < 4.78 is 44.2. The normalized spacial score (nSPS) is 20.7. The van der Waals surface area contributed by atoms with Gasteiger partial charge in [0.1, 0.15) is 0 Å². The van der Waals surface area contributed by atoms with E-state index < -0.39 is 11.7 Å². The van der Waals surface area contributed by atoms with Gasteiger partial charge in [0, 0.05) is 24.8 Å². The quantitative estimate of drug-likeness (QED) is 0.900. The lowest BCUT2D eigenvalue weighted by Gasteiger charge is -2.35. The van der Waals surface area contributed by atoms with Crippen LogP contribution in [-0.2, 0) is 17.5 Å². The van der Waals surface area contributed by atoms with Crippen molar-refractivity contribution in [2.24, 2.45) is 5.73 Å². The third-order valence-electron chi connectivity index (χ3n) is 3.32. The minimum absolute atomic E-state index is 0.0681. The zero-order chi connectivity index (χ0) is 14.0. The zero-order valence-corrected chi connectivity index (χ0v) is 10.7. The average molecular weight is 274 g/mol. The highest BCUT2D eigenvalue weighted by atomic mass is 19.4. The van der Waals surface area contributed by atoms with Crippen molar-refractivity contribution in [3.05, 3.63) is 29.3 Å². The van der Waals surface area contributed by atoms with Gasteiger partial charge in [-0.25, -0.2) is 0 Å². The van der Waals surface area contributed by atoms with Crippen LogP contribution in [0.25, 0.3) is 0 Å². The second-order valence-electron chi connectivity index (χ2n) is 4.66. The number of halogens is 3. The maximum absolute atomic E-state index is 13.0. The zero-order valence-electron chi connectivity index (χ0n) is 10.7. The van der Waals surface area contributed by atoms with E-state index in [1.807, 2.05) is 11.8 Å². The van der Waals surface area contributed by atoms with Crippen LogP contribution in [0.15, 0.2) is 18.2 Å². The van der Waals surface area contributed by atoms with Gasteiger partial charge in [-0.3, -0.25) is 0 Å². The van der Waals surface area contributed by atoms with E-state index in [2.05, 4.69) is 0 Å². The highest BCUT2D eigenvalue weighted by Crippen LogP contribution is 2.35. The summed E-state index contributed by atoms with van der Waals surface area (Å²) in [4.78, 5) is 1.93. The molecule has 1 unspecified atom stereocenters. The average Bonchev–Trinajstić information content (AvgIpc) is 2.37. The molecule has 1 aliphatic rings. The number of nitrogens with two attached hydrogens (primary N) is 1.